The van der Waals surface area contributed by atoms with E-state index < -0.39 is 0 Å². The van der Waals surface area contributed by atoms with Crippen LogP contribution in [-0.4, -0.2) is 54.9 Å². The van der Waals surface area contributed by atoms with Crippen molar-refractivity contribution in [1.82, 2.24) is 0 Å². The Morgan fingerprint density at radius 1 is 1.17 bits per heavy atom. The Hall–Kier alpha value is -1.44. The second kappa shape index (κ2) is 13.1. The van der Waals surface area contributed by atoms with E-state index in [0.717, 1.165) is 32.1 Å². The van der Waals surface area contributed by atoms with E-state index in [1.165, 1.54) is 6.92 Å². The van der Waals surface area contributed by atoms with E-state index in [2.05, 4.69) is 6.08 Å². The molecule has 172 valence electrons. The number of carbonyl (C=O) groups is 2. The monoisotopic (exact) mass is 426 g/mol. The van der Waals surface area contributed by atoms with E-state index in [-0.39, 0.29) is 55.0 Å². The van der Waals surface area contributed by atoms with Crippen LogP contribution >= 0.6 is 0 Å². The molecule has 30 heavy (non-hydrogen) atoms. The minimum absolute atomic E-state index is 0.00496. The van der Waals surface area contributed by atoms with Gasteiger partial charge in [0, 0.05) is 44.8 Å². The summed E-state index contributed by atoms with van der Waals surface area (Å²) in [6.45, 7) is 5.78. The Kier molecular flexibility index (Phi) is 10.8. The van der Waals surface area contributed by atoms with Crippen molar-refractivity contribution in [3.05, 3.63) is 12.2 Å². The molecule has 2 rings (SSSR count). The van der Waals surface area contributed by atoms with Crippen molar-refractivity contribution < 1.29 is 33.6 Å². The molecule has 1 saturated heterocycles. The van der Waals surface area contributed by atoms with Crippen molar-refractivity contribution >= 4 is 11.9 Å². The van der Waals surface area contributed by atoms with Crippen LogP contribution < -0.4 is 0 Å². The van der Waals surface area contributed by atoms with Crippen LogP contribution in [0.3, 0.4) is 0 Å². The summed E-state index contributed by atoms with van der Waals surface area (Å²) in [6.07, 6.45) is 9.45. The van der Waals surface area contributed by atoms with Crippen molar-refractivity contribution in [3.8, 4) is 0 Å². The van der Waals surface area contributed by atoms with Crippen LogP contribution in [0.2, 0.25) is 0 Å². The smallest absolute Gasteiger partial charge is 0.306 e. The summed E-state index contributed by atoms with van der Waals surface area (Å²) in [5.74, 6) is -0.599. The molecule has 1 heterocycles. The van der Waals surface area contributed by atoms with Gasteiger partial charge in [-0.2, -0.15) is 0 Å². The number of carbonyl (C=O) groups excluding carboxylic acids is 2. The van der Waals surface area contributed by atoms with Crippen LogP contribution in [0.1, 0.15) is 72.1 Å². The summed E-state index contributed by atoms with van der Waals surface area (Å²) < 4.78 is 22.5. The number of hydrogen-bond acceptors (Lipinski definition) is 7. The van der Waals surface area contributed by atoms with E-state index in [4.69, 9.17) is 18.9 Å². The molecule has 0 aromatic heterocycles. The first-order chi connectivity index (χ1) is 14.4. The molecule has 7 heteroatoms. The lowest BCUT2D eigenvalue weighted by Crippen LogP contribution is -2.33. The van der Waals surface area contributed by atoms with Gasteiger partial charge in [0.05, 0.1) is 12.2 Å². The maximum Gasteiger partial charge on any atom is 0.306 e. The van der Waals surface area contributed by atoms with Crippen LogP contribution in [0.4, 0.5) is 0 Å². The number of unbranched alkanes of at least 4 members (excludes halogenated alkanes) is 1. The lowest BCUT2D eigenvalue weighted by atomic mass is 9.91. The average Bonchev–Trinajstić information content (AvgIpc) is 2.99. The molecule has 0 spiro atoms. The van der Waals surface area contributed by atoms with Crippen molar-refractivity contribution in [2.45, 2.75) is 96.7 Å². The van der Waals surface area contributed by atoms with Crippen LogP contribution in [0.15, 0.2) is 12.2 Å². The molecule has 7 nitrogen and oxygen atoms in total. The molecule has 5 atom stereocenters. The zero-order valence-corrected chi connectivity index (χ0v) is 18.6. The molecular formula is C23H38O7. The fraction of sp³-hybridized carbons (Fsp3) is 0.826. The minimum Gasteiger partial charge on any atom is -0.463 e. The molecule has 1 unspecified atom stereocenters. The third-order valence-electron chi connectivity index (χ3n) is 5.66. The Balaban J connectivity index is 1.86. The molecule has 0 radical (unpaired) electrons. The molecule has 1 aliphatic carbocycles. The van der Waals surface area contributed by atoms with Gasteiger partial charge in [-0.1, -0.05) is 12.2 Å². The van der Waals surface area contributed by atoms with Crippen molar-refractivity contribution in [1.29, 1.82) is 0 Å². The quantitative estimate of drug-likeness (QED) is 0.307. The lowest BCUT2D eigenvalue weighted by molar-refractivity contribution is -0.198. The van der Waals surface area contributed by atoms with Gasteiger partial charge in [-0.05, 0) is 52.4 Å². The topological polar surface area (TPSA) is 91.3 Å². The minimum atomic E-state index is -0.316. The molecule has 1 N–H and O–H groups in total. The molecule has 0 amide bonds. The summed E-state index contributed by atoms with van der Waals surface area (Å²) in [7, 11) is 0. The predicted octanol–water partition coefficient (Wildman–Crippen LogP) is 3.53. The Bertz CT molecular complexity index is 554. The first-order valence-corrected chi connectivity index (χ1v) is 11.3. The maximum atomic E-state index is 11.6. The molecule has 2 fully saturated rings. The Morgan fingerprint density at radius 2 is 1.97 bits per heavy atom. The zero-order chi connectivity index (χ0) is 21.9. The van der Waals surface area contributed by atoms with Crippen LogP contribution in [0, 0.1) is 11.8 Å². The van der Waals surface area contributed by atoms with Crippen molar-refractivity contribution in [2.75, 3.05) is 13.2 Å². The van der Waals surface area contributed by atoms with E-state index in [0.29, 0.717) is 25.9 Å². The van der Waals surface area contributed by atoms with Gasteiger partial charge < -0.3 is 24.1 Å². The van der Waals surface area contributed by atoms with Gasteiger partial charge in [-0.3, -0.25) is 9.59 Å². The molecule has 0 aromatic carbocycles. The number of aliphatic hydroxyl groups is 1. The van der Waals surface area contributed by atoms with E-state index in [9.17, 15) is 14.7 Å². The fourth-order valence-electron chi connectivity index (χ4n) is 4.29. The summed E-state index contributed by atoms with van der Waals surface area (Å²) in [5, 5.41) is 10.0. The van der Waals surface area contributed by atoms with Crippen molar-refractivity contribution in [2.24, 2.45) is 11.8 Å². The highest BCUT2D eigenvalue weighted by Gasteiger charge is 2.45. The standard InChI is InChI=1S/C23H38O7/c1-16(2)28-22(26)11-7-5-4-6-10-18-19(15-24)21(14-20(18)29-17(3)25)30-23-12-8-9-13-27-23/h4,6,16,18-21,23-24H,5,7-15H2,1-3H3/t18-,19+,20+,21-,23?/m1/s1. The van der Waals surface area contributed by atoms with Gasteiger partial charge in [0.1, 0.15) is 6.10 Å². The molecule has 2 aliphatic rings. The van der Waals surface area contributed by atoms with E-state index >= 15 is 0 Å². The van der Waals surface area contributed by atoms with Crippen LogP contribution in [0.25, 0.3) is 0 Å². The van der Waals surface area contributed by atoms with Gasteiger partial charge in [0.25, 0.3) is 0 Å². The summed E-state index contributed by atoms with van der Waals surface area (Å²) in [4.78, 5) is 23.2. The van der Waals surface area contributed by atoms with Gasteiger partial charge in [-0.25, -0.2) is 0 Å². The van der Waals surface area contributed by atoms with E-state index in [1.54, 1.807) is 0 Å². The number of allylic oxidation sites excluding steroid dienone is 2. The maximum absolute atomic E-state index is 11.6. The normalized spacial score (nSPS) is 29.4. The highest BCUT2D eigenvalue weighted by molar-refractivity contribution is 5.69. The SMILES string of the molecule is CC(=O)O[C@H]1C[C@@H](OC2CCCCO2)[C@@H](CO)[C@H]1CC=CCCCC(=O)OC(C)C. The highest BCUT2D eigenvalue weighted by atomic mass is 16.7. The number of hydrogen-bond donors (Lipinski definition) is 1. The number of esters is 2. The Labute approximate surface area is 180 Å². The third-order valence-corrected chi connectivity index (χ3v) is 5.66. The highest BCUT2D eigenvalue weighted by Crippen LogP contribution is 2.40. The van der Waals surface area contributed by atoms with Crippen molar-refractivity contribution in [3.63, 3.8) is 0 Å². The second-order valence-corrected chi connectivity index (χ2v) is 8.50. The number of ether oxygens (including phenoxy) is 4. The predicted molar refractivity (Wildman–Crippen MR) is 112 cm³/mol. The first kappa shape index (κ1) is 24.8. The molecule has 1 aliphatic heterocycles. The Morgan fingerprint density at radius 3 is 2.60 bits per heavy atom. The molecule has 0 aromatic rings. The third kappa shape index (κ3) is 8.36. The summed E-state index contributed by atoms with van der Waals surface area (Å²) in [6, 6.07) is 0. The fourth-order valence-corrected chi connectivity index (χ4v) is 4.29. The van der Waals surface area contributed by atoms with Crippen LogP contribution in [-0.2, 0) is 28.5 Å². The molecular weight excluding hydrogens is 388 g/mol. The summed E-state index contributed by atoms with van der Waals surface area (Å²) in [5.41, 5.74) is 0. The van der Waals surface area contributed by atoms with E-state index in [1.807, 2.05) is 19.9 Å². The molecule has 0 bridgehead atoms. The first-order valence-electron chi connectivity index (χ1n) is 11.3. The largest absolute Gasteiger partial charge is 0.463 e. The number of aliphatic hydroxyl groups excluding tert-OH is 1. The van der Waals surface area contributed by atoms with Gasteiger partial charge in [-0.15, -0.1) is 0 Å². The van der Waals surface area contributed by atoms with Gasteiger partial charge in [0.2, 0.25) is 0 Å². The van der Waals surface area contributed by atoms with Crippen LogP contribution in [0.5, 0.6) is 0 Å². The average molecular weight is 427 g/mol. The number of rotatable bonds is 11. The summed E-state index contributed by atoms with van der Waals surface area (Å²) >= 11 is 0. The molecule has 1 saturated carbocycles. The van der Waals surface area contributed by atoms with Gasteiger partial charge in [0.15, 0.2) is 6.29 Å². The lowest BCUT2D eigenvalue weighted by Gasteiger charge is -2.29. The van der Waals surface area contributed by atoms with Gasteiger partial charge >= 0.3 is 11.9 Å². The zero-order valence-electron chi connectivity index (χ0n) is 18.6. The second-order valence-electron chi connectivity index (χ2n) is 8.50.